The minimum atomic E-state index is -0.753. The molecule has 3 aromatic rings. The number of rotatable bonds is 8. The maximum absolute atomic E-state index is 13.5. The van der Waals surface area contributed by atoms with Gasteiger partial charge < -0.3 is 26.0 Å². The van der Waals surface area contributed by atoms with Crippen molar-refractivity contribution in [2.75, 3.05) is 5.43 Å². The number of carbonyl (C=O) groups excluding carboxylic acids is 2. The van der Waals surface area contributed by atoms with Crippen LogP contribution in [0.25, 0.3) is 40.0 Å². The van der Waals surface area contributed by atoms with Gasteiger partial charge in [-0.2, -0.15) is 5.10 Å². The number of fused-ring (bicyclic) bond motifs is 3. The number of nitrogens with one attached hydrogen (secondary N) is 3. The molecule has 0 saturated carbocycles. The van der Waals surface area contributed by atoms with Crippen molar-refractivity contribution in [2.45, 2.75) is 46.2 Å². The zero-order valence-corrected chi connectivity index (χ0v) is 26.9. The molecule has 240 valence electrons. The average molecular weight is 630 g/mol. The Bertz CT molecular complexity index is 2140. The molecule has 1 heterocycles. The number of phenolic OH excluding ortho intramolecular Hbond substituents is 1. The first-order chi connectivity index (χ1) is 22.6. The number of amides is 3. The van der Waals surface area contributed by atoms with Crippen LogP contribution in [0, 0.1) is 18.8 Å². The maximum Gasteiger partial charge on any atom is 0.312 e. The van der Waals surface area contributed by atoms with Gasteiger partial charge in [-0.3, -0.25) is 10.2 Å². The molecule has 0 saturated heterocycles. The summed E-state index contributed by atoms with van der Waals surface area (Å²) in [6, 6.07) is 23.5. The van der Waals surface area contributed by atoms with Gasteiger partial charge in [0, 0.05) is 17.0 Å². The molecule has 6 rings (SSSR count). The molecule has 0 radical (unpaired) electrons. The van der Waals surface area contributed by atoms with Crippen LogP contribution in [0.4, 0.5) is 10.5 Å². The number of benzene rings is 4. The van der Waals surface area contributed by atoms with Crippen LogP contribution >= 0.6 is 0 Å². The predicted octanol–water partition coefficient (Wildman–Crippen LogP) is 3.85. The number of anilines is 1. The number of urea groups is 1. The van der Waals surface area contributed by atoms with E-state index in [0.717, 1.165) is 44.1 Å². The second kappa shape index (κ2) is 13.0. The monoisotopic (exact) mass is 629 g/mol. The standard InChI is InChI=1S/C37H39N7O3/c1-5-21(2)34(41-37(38)47)36(46)40-27-19-31-29(17-22(27)3)39-30-18-23(4)28(20-32(30)44(31)25-12-7-6-8-13-25)42-43-35-26-14-10-9-11-24(26)15-16-33(35)45/h6-22,27,34,43,45H,5H2,1-4H3,(H,40,46)(H3,38,41,47)/b42-28-. The molecule has 0 spiro atoms. The van der Waals surface area contributed by atoms with Gasteiger partial charge in [0.1, 0.15) is 17.5 Å². The Morgan fingerprint density at radius 3 is 2.53 bits per heavy atom. The van der Waals surface area contributed by atoms with Crippen molar-refractivity contribution in [3.8, 4) is 22.8 Å². The lowest BCUT2D eigenvalue weighted by atomic mass is 9.94. The van der Waals surface area contributed by atoms with Crippen LogP contribution in [-0.4, -0.2) is 38.7 Å². The van der Waals surface area contributed by atoms with E-state index in [1.165, 1.54) is 0 Å². The minimum Gasteiger partial charge on any atom is -0.506 e. The topological polar surface area (TPSA) is 147 Å². The van der Waals surface area contributed by atoms with Crippen LogP contribution in [0.3, 0.4) is 0 Å². The smallest absolute Gasteiger partial charge is 0.312 e. The lowest BCUT2D eigenvalue weighted by Gasteiger charge is -2.29. The van der Waals surface area contributed by atoms with Gasteiger partial charge in [0.05, 0.1) is 33.5 Å². The van der Waals surface area contributed by atoms with Gasteiger partial charge in [-0.25, -0.2) is 9.78 Å². The van der Waals surface area contributed by atoms with Gasteiger partial charge in [0.25, 0.3) is 0 Å². The Morgan fingerprint density at radius 2 is 1.79 bits per heavy atom. The molecule has 3 amide bonds. The van der Waals surface area contributed by atoms with E-state index >= 15 is 0 Å². The van der Waals surface area contributed by atoms with Crippen molar-refractivity contribution < 1.29 is 14.7 Å². The van der Waals surface area contributed by atoms with E-state index in [-0.39, 0.29) is 29.5 Å². The Kier molecular flexibility index (Phi) is 8.67. The van der Waals surface area contributed by atoms with Crippen LogP contribution in [0.5, 0.6) is 5.75 Å². The lowest BCUT2D eigenvalue weighted by Crippen LogP contribution is -2.56. The van der Waals surface area contributed by atoms with Gasteiger partial charge in [-0.15, -0.1) is 0 Å². The van der Waals surface area contributed by atoms with Crippen molar-refractivity contribution in [1.29, 1.82) is 0 Å². The SMILES string of the molecule is CCC(C)C(NC(N)=O)C(=O)NC1C=c2c(nc3cc(C)/c(=N\Nc4c(O)ccc5ccccc45)cc-3n2-c2ccccc2)=CC1C. The van der Waals surface area contributed by atoms with Crippen LogP contribution in [0.15, 0.2) is 84.0 Å². The normalized spacial score (nSPS) is 17.2. The Balaban J connectivity index is 1.50. The number of aromatic nitrogens is 2. The fraction of sp³-hybridized carbons (Fsp3) is 0.243. The quantitative estimate of drug-likeness (QED) is 0.131. The lowest BCUT2D eigenvalue weighted by molar-refractivity contribution is -0.124. The molecule has 2 aliphatic carbocycles. The molecule has 10 nitrogen and oxygen atoms in total. The summed E-state index contributed by atoms with van der Waals surface area (Å²) in [6.07, 6.45) is 4.79. The van der Waals surface area contributed by atoms with Crippen molar-refractivity contribution in [3.05, 3.63) is 100 Å². The van der Waals surface area contributed by atoms with E-state index in [2.05, 4.69) is 26.7 Å². The fourth-order valence-electron chi connectivity index (χ4n) is 6.08. The van der Waals surface area contributed by atoms with E-state index < -0.39 is 12.1 Å². The first kappa shape index (κ1) is 31.3. The second-order valence-corrected chi connectivity index (χ2v) is 12.2. The third-order valence-corrected chi connectivity index (χ3v) is 8.91. The molecule has 3 aromatic carbocycles. The van der Waals surface area contributed by atoms with Crippen LogP contribution < -0.4 is 37.8 Å². The number of primary amides is 1. The molecule has 10 heteroatoms. The molecule has 6 N–H and O–H groups in total. The molecule has 4 atom stereocenters. The third-order valence-electron chi connectivity index (χ3n) is 8.91. The van der Waals surface area contributed by atoms with Crippen molar-refractivity contribution in [3.63, 3.8) is 0 Å². The fourth-order valence-corrected chi connectivity index (χ4v) is 6.08. The number of hydrogen-bond donors (Lipinski definition) is 5. The summed E-state index contributed by atoms with van der Waals surface area (Å²) in [5, 5.41) is 25.3. The summed E-state index contributed by atoms with van der Waals surface area (Å²) < 4.78 is 2.13. The summed E-state index contributed by atoms with van der Waals surface area (Å²) in [5.74, 6) is -0.357. The average Bonchev–Trinajstić information content (AvgIpc) is 3.06. The first-order valence-electron chi connectivity index (χ1n) is 15.8. The molecular weight excluding hydrogens is 590 g/mol. The second-order valence-electron chi connectivity index (χ2n) is 12.2. The van der Waals surface area contributed by atoms with E-state index in [9.17, 15) is 14.7 Å². The van der Waals surface area contributed by atoms with Gasteiger partial charge in [0.15, 0.2) is 0 Å². The summed E-state index contributed by atoms with van der Waals surface area (Å²) in [5.41, 5.74) is 12.5. The highest BCUT2D eigenvalue weighted by Gasteiger charge is 2.29. The van der Waals surface area contributed by atoms with Crippen molar-refractivity contribution in [2.24, 2.45) is 22.7 Å². The number of nitrogens with two attached hydrogens (primary N) is 1. The van der Waals surface area contributed by atoms with Crippen LogP contribution in [0.2, 0.25) is 0 Å². The molecule has 47 heavy (non-hydrogen) atoms. The molecular formula is C37H39N7O3. The molecule has 3 aliphatic rings. The maximum atomic E-state index is 13.5. The number of carbonyl (C=O) groups is 2. The minimum absolute atomic E-state index is 0.0697. The number of para-hydroxylation sites is 1. The summed E-state index contributed by atoms with van der Waals surface area (Å²) in [4.78, 5) is 30.2. The van der Waals surface area contributed by atoms with Crippen LogP contribution in [-0.2, 0) is 4.79 Å². The first-order valence-corrected chi connectivity index (χ1v) is 15.8. The highest BCUT2D eigenvalue weighted by molar-refractivity contribution is 5.96. The van der Waals surface area contributed by atoms with Crippen molar-refractivity contribution in [1.82, 2.24) is 20.2 Å². The molecule has 0 fully saturated rings. The molecule has 0 bridgehead atoms. The largest absolute Gasteiger partial charge is 0.506 e. The van der Waals surface area contributed by atoms with Gasteiger partial charge in [-0.1, -0.05) is 81.8 Å². The molecule has 0 aromatic heterocycles. The number of aryl methyl sites for hydroxylation is 1. The highest BCUT2D eigenvalue weighted by Crippen LogP contribution is 2.32. The Labute approximate surface area is 272 Å². The highest BCUT2D eigenvalue weighted by atomic mass is 16.3. The number of phenols is 1. The zero-order chi connectivity index (χ0) is 33.2. The van der Waals surface area contributed by atoms with E-state index in [4.69, 9.17) is 15.8 Å². The van der Waals surface area contributed by atoms with E-state index in [0.29, 0.717) is 17.5 Å². The molecule has 4 unspecified atom stereocenters. The van der Waals surface area contributed by atoms with E-state index in [1.807, 2.05) is 107 Å². The zero-order valence-electron chi connectivity index (χ0n) is 26.9. The summed E-state index contributed by atoms with van der Waals surface area (Å²) >= 11 is 0. The van der Waals surface area contributed by atoms with Gasteiger partial charge in [-0.05, 0) is 60.2 Å². The van der Waals surface area contributed by atoms with Gasteiger partial charge in [0.2, 0.25) is 5.91 Å². The third kappa shape index (κ3) is 6.27. The predicted molar refractivity (Wildman–Crippen MR) is 185 cm³/mol. The number of nitrogens with zero attached hydrogens (tertiary/aromatic N) is 3. The van der Waals surface area contributed by atoms with Crippen LogP contribution in [0.1, 0.15) is 32.8 Å². The number of hydrogen-bond acceptors (Lipinski definition) is 6. The Hall–Kier alpha value is -5.64. The van der Waals surface area contributed by atoms with E-state index in [1.54, 1.807) is 6.07 Å². The Morgan fingerprint density at radius 1 is 1.04 bits per heavy atom. The summed E-state index contributed by atoms with van der Waals surface area (Å²) in [7, 11) is 0. The van der Waals surface area contributed by atoms with Gasteiger partial charge >= 0.3 is 6.03 Å². The van der Waals surface area contributed by atoms with Crippen molar-refractivity contribution >= 4 is 40.6 Å². The summed E-state index contributed by atoms with van der Waals surface area (Å²) in [6.45, 7) is 7.89. The molecule has 1 aliphatic heterocycles. The number of aromatic hydroxyl groups is 1.